The normalized spacial score (nSPS) is 21.5. The number of ether oxygens (including phenoxy) is 1. The van der Waals surface area contributed by atoms with E-state index in [4.69, 9.17) is 4.74 Å². The number of methoxy groups -OCH3 is 1. The van der Waals surface area contributed by atoms with E-state index in [1.54, 1.807) is 12.0 Å². The van der Waals surface area contributed by atoms with E-state index in [9.17, 15) is 4.79 Å². The first-order valence-corrected chi connectivity index (χ1v) is 4.48. The van der Waals surface area contributed by atoms with Crippen LogP contribution in [0.4, 0.5) is 0 Å². The Bertz CT molecular complexity index is 311. The number of amides is 1. The molecule has 1 fully saturated rings. The number of nitrogens with zero attached hydrogens (tertiary/aromatic N) is 3. The van der Waals surface area contributed by atoms with Gasteiger partial charge in [-0.15, -0.1) is 0 Å². The third-order valence-electron chi connectivity index (χ3n) is 2.38. The van der Waals surface area contributed by atoms with Crippen LogP contribution in [0.1, 0.15) is 17.0 Å². The van der Waals surface area contributed by atoms with Crippen molar-refractivity contribution in [3.05, 3.63) is 12.2 Å². The molecule has 2 heterocycles. The molecule has 1 saturated heterocycles. The molecule has 1 unspecified atom stereocenters. The van der Waals surface area contributed by atoms with Crippen molar-refractivity contribution in [2.24, 2.45) is 0 Å². The summed E-state index contributed by atoms with van der Waals surface area (Å²) in [6.07, 6.45) is 2.37. The molecule has 1 N–H and O–H groups in total. The molecule has 1 aromatic heterocycles. The van der Waals surface area contributed by atoms with Crippen molar-refractivity contribution in [2.75, 3.05) is 20.2 Å². The number of likely N-dealkylation sites (tertiary alicyclic amines) is 1. The van der Waals surface area contributed by atoms with E-state index in [2.05, 4.69) is 15.2 Å². The van der Waals surface area contributed by atoms with Crippen LogP contribution in [-0.4, -0.2) is 52.3 Å². The number of hydrogen-bond acceptors (Lipinski definition) is 4. The highest BCUT2D eigenvalue weighted by Crippen LogP contribution is 2.13. The third kappa shape index (κ3) is 1.60. The van der Waals surface area contributed by atoms with Crippen molar-refractivity contribution in [3.8, 4) is 0 Å². The van der Waals surface area contributed by atoms with Crippen LogP contribution in [0, 0.1) is 0 Å². The summed E-state index contributed by atoms with van der Waals surface area (Å²) < 4.78 is 5.17. The van der Waals surface area contributed by atoms with Crippen molar-refractivity contribution in [2.45, 2.75) is 12.5 Å². The van der Waals surface area contributed by atoms with Crippen LogP contribution < -0.4 is 0 Å². The van der Waals surface area contributed by atoms with Crippen LogP contribution in [0.25, 0.3) is 0 Å². The average Bonchev–Trinajstić information content (AvgIpc) is 2.88. The third-order valence-corrected chi connectivity index (χ3v) is 2.38. The molecule has 0 aliphatic carbocycles. The highest BCUT2D eigenvalue weighted by molar-refractivity contribution is 5.90. The summed E-state index contributed by atoms with van der Waals surface area (Å²) in [4.78, 5) is 17.2. The maximum Gasteiger partial charge on any atom is 0.291 e. The fraction of sp³-hybridized carbons (Fsp3) is 0.625. The Labute approximate surface area is 81.3 Å². The lowest BCUT2D eigenvalue weighted by atomic mass is 10.3. The lowest BCUT2D eigenvalue weighted by Crippen LogP contribution is -2.30. The van der Waals surface area contributed by atoms with Gasteiger partial charge in [-0.1, -0.05) is 0 Å². The van der Waals surface area contributed by atoms with Crippen molar-refractivity contribution in [3.63, 3.8) is 0 Å². The Morgan fingerprint density at radius 3 is 3.21 bits per heavy atom. The molecule has 6 nitrogen and oxygen atoms in total. The maximum atomic E-state index is 11.7. The van der Waals surface area contributed by atoms with E-state index < -0.39 is 0 Å². The molecule has 1 amide bonds. The van der Waals surface area contributed by atoms with E-state index in [0.29, 0.717) is 12.4 Å². The molecule has 0 saturated carbocycles. The second-order valence-corrected chi connectivity index (χ2v) is 3.23. The number of carbonyl (C=O) groups excluding carboxylic acids is 1. The molecular weight excluding hydrogens is 184 g/mol. The summed E-state index contributed by atoms with van der Waals surface area (Å²) in [5.41, 5.74) is 0. The quantitative estimate of drug-likeness (QED) is 0.702. The number of hydrogen-bond donors (Lipinski definition) is 1. The standard InChI is InChI=1S/C8H12N4O2/c1-14-6-2-3-12(4-6)8(13)7-9-5-10-11-7/h5-6H,2-4H2,1H3,(H,9,10,11). The van der Waals surface area contributed by atoms with Crippen LogP contribution in [0.5, 0.6) is 0 Å². The number of rotatable bonds is 2. The van der Waals surface area contributed by atoms with Crippen LogP contribution in [-0.2, 0) is 4.74 Å². The summed E-state index contributed by atoms with van der Waals surface area (Å²) in [5.74, 6) is 0.184. The number of aromatic nitrogens is 3. The largest absolute Gasteiger partial charge is 0.380 e. The van der Waals surface area contributed by atoms with Gasteiger partial charge in [0.2, 0.25) is 5.82 Å². The number of H-pyrrole nitrogens is 1. The molecule has 1 aliphatic heterocycles. The van der Waals surface area contributed by atoms with Gasteiger partial charge < -0.3 is 9.64 Å². The fourth-order valence-electron chi connectivity index (χ4n) is 1.56. The zero-order valence-electron chi connectivity index (χ0n) is 7.93. The van der Waals surface area contributed by atoms with Gasteiger partial charge in [-0.25, -0.2) is 4.98 Å². The minimum atomic E-state index is -0.109. The van der Waals surface area contributed by atoms with Gasteiger partial charge in [-0.05, 0) is 6.42 Å². The number of carbonyl (C=O) groups is 1. The lowest BCUT2D eigenvalue weighted by Gasteiger charge is -2.13. The molecule has 76 valence electrons. The summed E-state index contributed by atoms with van der Waals surface area (Å²) >= 11 is 0. The molecule has 1 atom stereocenters. The lowest BCUT2D eigenvalue weighted by molar-refractivity contribution is 0.0714. The van der Waals surface area contributed by atoms with Crippen molar-refractivity contribution < 1.29 is 9.53 Å². The predicted molar refractivity (Wildman–Crippen MR) is 47.7 cm³/mol. The van der Waals surface area contributed by atoms with Gasteiger partial charge in [0.25, 0.3) is 5.91 Å². The van der Waals surface area contributed by atoms with E-state index in [-0.39, 0.29) is 12.0 Å². The Morgan fingerprint density at radius 2 is 2.64 bits per heavy atom. The molecule has 0 radical (unpaired) electrons. The Balaban J connectivity index is 2.00. The van der Waals surface area contributed by atoms with Gasteiger partial charge in [0.05, 0.1) is 6.10 Å². The van der Waals surface area contributed by atoms with Gasteiger partial charge in [0.1, 0.15) is 6.33 Å². The zero-order chi connectivity index (χ0) is 9.97. The molecule has 2 rings (SSSR count). The van der Waals surface area contributed by atoms with Crippen LogP contribution >= 0.6 is 0 Å². The number of nitrogens with one attached hydrogen (secondary N) is 1. The summed E-state index contributed by atoms with van der Waals surface area (Å²) in [6.45, 7) is 1.36. The highest BCUT2D eigenvalue weighted by Gasteiger charge is 2.27. The summed E-state index contributed by atoms with van der Waals surface area (Å²) in [5, 5.41) is 6.19. The zero-order valence-corrected chi connectivity index (χ0v) is 7.93. The maximum absolute atomic E-state index is 11.7. The number of aromatic amines is 1. The monoisotopic (exact) mass is 196 g/mol. The van der Waals surface area contributed by atoms with E-state index in [1.807, 2.05) is 0 Å². The first-order valence-electron chi connectivity index (χ1n) is 4.48. The van der Waals surface area contributed by atoms with Gasteiger partial charge in [-0.2, -0.15) is 5.10 Å². The minimum absolute atomic E-state index is 0.109. The Morgan fingerprint density at radius 1 is 1.79 bits per heavy atom. The van der Waals surface area contributed by atoms with Gasteiger partial charge in [0, 0.05) is 20.2 Å². The van der Waals surface area contributed by atoms with E-state index in [1.165, 1.54) is 6.33 Å². The molecule has 14 heavy (non-hydrogen) atoms. The Hall–Kier alpha value is -1.43. The molecule has 6 heteroatoms. The topological polar surface area (TPSA) is 71.1 Å². The van der Waals surface area contributed by atoms with Crippen LogP contribution in [0.2, 0.25) is 0 Å². The molecule has 1 aromatic rings. The van der Waals surface area contributed by atoms with Gasteiger partial charge in [0.15, 0.2) is 0 Å². The molecule has 1 aliphatic rings. The second kappa shape index (κ2) is 3.75. The smallest absolute Gasteiger partial charge is 0.291 e. The van der Waals surface area contributed by atoms with E-state index in [0.717, 1.165) is 13.0 Å². The first-order chi connectivity index (χ1) is 6.81. The van der Waals surface area contributed by atoms with Crippen molar-refractivity contribution >= 4 is 5.91 Å². The van der Waals surface area contributed by atoms with Gasteiger partial charge in [-0.3, -0.25) is 9.89 Å². The van der Waals surface area contributed by atoms with E-state index >= 15 is 0 Å². The predicted octanol–water partition coefficient (Wildman–Crippen LogP) is -0.334. The fourth-order valence-corrected chi connectivity index (χ4v) is 1.56. The van der Waals surface area contributed by atoms with Gasteiger partial charge >= 0.3 is 0 Å². The first kappa shape index (κ1) is 9.14. The Kier molecular flexibility index (Phi) is 2.45. The van der Waals surface area contributed by atoms with Crippen molar-refractivity contribution in [1.82, 2.24) is 20.1 Å². The summed E-state index contributed by atoms with van der Waals surface area (Å²) in [7, 11) is 1.66. The molecule has 0 bridgehead atoms. The summed E-state index contributed by atoms with van der Waals surface area (Å²) in [6, 6.07) is 0. The van der Waals surface area contributed by atoms with Crippen LogP contribution in [0.15, 0.2) is 6.33 Å². The molecule has 0 spiro atoms. The SMILES string of the molecule is COC1CCN(C(=O)c2ncn[nH]2)C1. The van der Waals surface area contributed by atoms with Crippen molar-refractivity contribution in [1.29, 1.82) is 0 Å². The van der Waals surface area contributed by atoms with Crippen LogP contribution in [0.3, 0.4) is 0 Å². The minimum Gasteiger partial charge on any atom is -0.380 e. The highest BCUT2D eigenvalue weighted by atomic mass is 16.5. The second-order valence-electron chi connectivity index (χ2n) is 3.23. The molecule has 0 aromatic carbocycles. The molecular formula is C8H12N4O2. The average molecular weight is 196 g/mol.